The van der Waals surface area contributed by atoms with Crippen molar-refractivity contribution in [3.8, 4) is 0 Å². The number of benzene rings is 2. The summed E-state index contributed by atoms with van der Waals surface area (Å²) in [6, 6.07) is 16.4. The second-order valence-electron chi connectivity index (χ2n) is 6.49. The largest absolute Gasteiger partial charge is 0.341 e. The molecule has 0 atom stereocenters. The minimum Gasteiger partial charge on any atom is -0.341 e. The average Bonchev–Trinajstić information content (AvgIpc) is 3.10. The van der Waals surface area contributed by atoms with Crippen molar-refractivity contribution in [2.45, 2.75) is 20.3 Å². The van der Waals surface area contributed by atoms with Crippen LogP contribution in [0.1, 0.15) is 19.4 Å². The summed E-state index contributed by atoms with van der Waals surface area (Å²) in [7, 11) is 0. The molecule has 1 aliphatic rings. The van der Waals surface area contributed by atoms with Crippen LogP contribution in [-0.4, -0.2) is 43.7 Å². The van der Waals surface area contributed by atoms with E-state index in [4.69, 9.17) is 0 Å². The Bertz CT molecular complexity index is 725. The van der Waals surface area contributed by atoms with E-state index in [0.29, 0.717) is 6.54 Å². The molecule has 26 heavy (non-hydrogen) atoms. The minimum absolute atomic E-state index is 0.156. The molecule has 0 aliphatic carbocycles. The first-order valence-electron chi connectivity index (χ1n) is 9.44. The molecule has 3 rings (SSSR count). The van der Waals surface area contributed by atoms with E-state index in [9.17, 15) is 4.79 Å². The van der Waals surface area contributed by atoms with E-state index in [-0.39, 0.29) is 6.03 Å². The van der Waals surface area contributed by atoms with Gasteiger partial charge < -0.3 is 20.4 Å². The van der Waals surface area contributed by atoms with Crippen LogP contribution in [0.5, 0.6) is 0 Å². The number of para-hydroxylation sites is 1. The third kappa shape index (κ3) is 4.35. The highest BCUT2D eigenvalue weighted by Crippen LogP contribution is 2.34. The Hall–Kier alpha value is -2.53. The topological polar surface area (TPSA) is 47.6 Å². The molecule has 2 amide bonds. The molecule has 5 heteroatoms. The minimum atomic E-state index is -0.156. The van der Waals surface area contributed by atoms with Crippen LogP contribution in [0.4, 0.5) is 21.9 Å². The first-order chi connectivity index (χ1) is 12.7. The normalized spacial score (nSPS) is 13.0. The Balaban J connectivity index is 1.53. The quantitative estimate of drug-likeness (QED) is 0.796. The standard InChI is InChI=1S/C21H28N4O/c1-3-24(4-2)16-14-22-21(26)23-18-9-11-19(12-10-18)25-15-13-17-7-5-6-8-20(17)25/h5-12H,3-4,13-16H2,1-2H3,(H2,22,23,26). The number of hydrogen-bond acceptors (Lipinski definition) is 3. The fourth-order valence-corrected chi connectivity index (χ4v) is 3.37. The predicted molar refractivity (Wildman–Crippen MR) is 108 cm³/mol. The molecule has 1 aliphatic heterocycles. The fourth-order valence-electron chi connectivity index (χ4n) is 3.37. The summed E-state index contributed by atoms with van der Waals surface area (Å²) in [5, 5.41) is 5.81. The maximum atomic E-state index is 12.0. The number of likely N-dealkylation sites (N-methyl/N-ethyl adjacent to an activating group) is 1. The number of urea groups is 1. The van der Waals surface area contributed by atoms with Crippen LogP contribution in [0.3, 0.4) is 0 Å². The van der Waals surface area contributed by atoms with Crippen molar-refractivity contribution in [3.05, 3.63) is 54.1 Å². The molecule has 1 heterocycles. The van der Waals surface area contributed by atoms with Crippen LogP contribution in [0.15, 0.2) is 48.5 Å². The van der Waals surface area contributed by atoms with Crippen molar-refractivity contribution < 1.29 is 4.79 Å². The number of hydrogen-bond donors (Lipinski definition) is 2. The van der Waals surface area contributed by atoms with Crippen molar-refractivity contribution in [2.75, 3.05) is 42.9 Å². The Morgan fingerprint density at radius 3 is 2.54 bits per heavy atom. The maximum absolute atomic E-state index is 12.0. The molecule has 0 radical (unpaired) electrons. The lowest BCUT2D eigenvalue weighted by atomic mass is 10.2. The highest BCUT2D eigenvalue weighted by molar-refractivity contribution is 5.89. The SMILES string of the molecule is CCN(CC)CCNC(=O)Nc1ccc(N2CCc3ccccc32)cc1. The van der Waals surface area contributed by atoms with Gasteiger partial charge in [0.15, 0.2) is 0 Å². The monoisotopic (exact) mass is 352 g/mol. The first-order valence-corrected chi connectivity index (χ1v) is 9.44. The van der Waals surface area contributed by atoms with E-state index in [1.165, 1.54) is 11.3 Å². The number of amides is 2. The molecule has 2 N–H and O–H groups in total. The van der Waals surface area contributed by atoms with E-state index in [1.54, 1.807) is 0 Å². The Morgan fingerprint density at radius 1 is 1.08 bits per heavy atom. The third-order valence-electron chi connectivity index (χ3n) is 4.93. The molecular weight excluding hydrogens is 324 g/mol. The van der Waals surface area contributed by atoms with Gasteiger partial charge >= 0.3 is 6.03 Å². The van der Waals surface area contributed by atoms with Crippen molar-refractivity contribution in [3.63, 3.8) is 0 Å². The van der Waals surface area contributed by atoms with Gasteiger partial charge in [0.2, 0.25) is 0 Å². The zero-order valence-corrected chi connectivity index (χ0v) is 15.7. The van der Waals surface area contributed by atoms with Gasteiger partial charge in [0.05, 0.1) is 0 Å². The molecule has 2 aromatic carbocycles. The molecule has 5 nitrogen and oxygen atoms in total. The van der Waals surface area contributed by atoms with Crippen LogP contribution in [-0.2, 0) is 6.42 Å². The zero-order valence-electron chi connectivity index (χ0n) is 15.7. The van der Waals surface area contributed by atoms with Gasteiger partial charge in [-0.25, -0.2) is 4.79 Å². The summed E-state index contributed by atoms with van der Waals surface area (Å²) >= 11 is 0. The van der Waals surface area contributed by atoms with Gasteiger partial charge in [-0.05, 0) is 55.4 Å². The highest BCUT2D eigenvalue weighted by atomic mass is 16.2. The van der Waals surface area contributed by atoms with E-state index >= 15 is 0 Å². The van der Waals surface area contributed by atoms with Gasteiger partial charge in [0.25, 0.3) is 0 Å². The summed E-state index contributed by atoms with van der Waals surface area (Å²) < 4.78 is 0. The Labute approximate surface area is 156 Å². The van der Waals surface area contributed by atoms with Gasteiger partial charge in [-0.15, -0.1) is 0 Å². The molecular formula is C21H28N4O. The molecule has 0 saturated heterocycles. The number of carbonyl (C=O) groups excluding carboxylic acids is 1. The summed E-state index contributed by atoms with van der Waals surface area (Å²) in [4.78, 5) is 16.6. The number of nitrogens with one attached hydrogen (secondary N) is 2. The fraction of sp³-hybridized carbons (Fsp3) is 0.381. The first kappa shape index (κ1) is 18.3. The lowest BCUT2D eigenvalue weighted by Gasteiger charge is -2.20. The highest BCUT2D eigenvalue weighted by Gasteiger charge is 2.19. The molecule has 0 fully saturated rings. The Kier molecular flexibility index (Phi) is 6.12. The zero-order chi connectivity index (χ0) is 18.4. The van der Waals surface area contributed by atoms with Gasteiger partial charge in [0, 0.05) is 36.7 Å². The van der Waals surface area contributed by atoms with Crippen molar-refractivity contribution in [1.82, 2.24) is 10.2 Å². The predicted octanol–water partition coefficient (Wildman–Crippen LogP) is 3.84. The van der Waals surface area contributed by atoms with E-state index in [0.717, 1.165) is 44.0 Å². The van der Waals surface area contributed by atoms with E-state index in [2.05, 4.69) is 70.7 Å². The Morgan fingerprint density at radius 2 is 1.81 bits per heavy atom. The molecule has 0 saturated carbocycles. The van der Waals surface area contributed by atoms with Crippen LogP contribution < -0.4 is 15.5 Å². The van der Waals surface area contributed by atoms with Crippen LogP contribution in [0, 0.1) is 0 Å². The second kappa shape index (κ2) is 8.72. The van der Waals surface area contributed by atoms with Crippen LogP contribution in [0.2, 0.25) is 0 Å². The van der Waals surface area contributed by atoms with Gasteiger partial charge in [0.1, 0.15) is 0 Å². The lowest BCUT2D eigenvalue weighted by molar-refractivity contribution is 0.248. The summed E-state index contributed by atoms with van der Waals surface area (Å²) in [6.07, 6.45) is 1.07. The molecule has 0 aromatic heterocycles. The average molecular weight is 352 g/mol. The second-order valence-corrected chi connectivity index (χ2v) is 6.49. The summed E-state index contributed by atoms with van der Waals surface area (Å²) in [5.41, 5.74) is 4.63. The molecule has 0 bridgehead atoms. The van der Waals surface area contributed by atoms with E-state index < -0.39 is 0 Å². The summed E-state index contributed by atoms with van der Waals surface area (Å²) in [6.45, 7) is 8.78. The van der Waals surface area contributed by atoms with Crippen molar-refractivity contribution in [2.24, 2.45) is 0 Å². The molecule has 0 spiro atoms. The van der Waals surface area contributed by atoms with Crippen molar-refractivity contribution in [1.29, 1.82) is 0 Å². The number of carbonyl (C=O) groups is 1. The lowest BCUT2D eigenvalue weighted by Crippen LogP contribution is -2.36. The van der Waals surface area contributed by atoms with E-state index in [1.807, 2.05) is 12.1 Å². The smallest absolute Gasteiger partial charge is 0.319 e. The van der Waals surface area contributed by atoms with Crippen molar-refractivity contribution >= 4 is 23.1 Å². The number of rotatable bonds is 7. The van der Waals surface area contributed by atoms with Crippen LogP contribution >= 0.6 is 0 Å². The molecule has 2 aromatic rings. The number of fused-ring (bicyclic) bond motifs is 1. The molecule has 0 unspecified atom stereocenters. The van der Waals surface area contributed by atoms with Crippen LogP contribution in [0.25, 0.3) is 0 Å². The molecule has 138 valence electrons. The number of anilines is 3. The third-order valence-corrected chi connectivity index (χ3v) is 4.93. The maximum Gasteiger partial charge on any atom is 0.319 e. The number of nitrogens with zero attached hydrogens (tertiary/aromatic N) is 2. The van der Waals surface area contributed by atoms with Gasteiger partial charge in [-0.1, -0.05) is 32.0 Å². The van der Waals surface area contributed by atoms with Gasteiger partial charge in [-0.2, -0.15) is 0 Å². The summed E-state index contributed by atoms with van der Waals surface area (Å²) in [5.74, 6) is 0. The van der Waals surface area contributed by atoms with Gasteiger partial charge in [-0.3, -0.25) is 0 Å².